The monoisotopic (exact) mass is 233 g/mol. The molecule has 2 nitrogen and oxygen atoms in total. The summed E-state index contributed by atoms with van der Waals surface area (Å²) in [6.07, 6.45) is 4.02. The summed E-state index contributed by atoms with van der Waals surface area (Å²) in [5, 5.41) is 3.71. The van der Waals surface area contributed by atoms with Crippen LogP contribution in [0.2, 0.25) is 0 Å². The molecule has 0 aromatic heterocycles. The summed E-state index contributed by atoms with van der Waals surface area (Å²) in [5.41, 5.74) is 2.71. The van der Waals surface area contributed by atoms with Crippen LogP contribution in [-0.4, -0.2) is 19.3 Å². The minimum atomic E-state index is 0.426. The van der Waals surface area contributed by atoms with Crippen LogP contribution in [0.5, 0.6) is 0 Å². The standard InChI is InChI=1S/C15H23NO/c1-11-5-4-6-13(9-11)12(2)16-14-7-8-15(10-14)17-3/h4-6,9,12,14-16H,7-8,10H2,1-3H3. The van der Waals surface area contributed by atoms with E-state index in [0.717, 1.165) is 6.42 Å². The largest absolute Gasteiger partial charge is 0.381 e. The lowest BCUT2D eigenvalue weighted by atomic mass is 10.0. The number of rotatable bonds is 4. The summed E-state index contributed by atoms with van der Waals surface area (Å²) in [7, 11) is 1.82. The molecule has 1 aliphatic carbocycles. The third kappa shape index (κ3) is 3.30. The number of aryl methyl sites for hydroxylation is 1. The molecule has 1 fully saturated rings. The number of ether oxygens (including phenoxy) is 1. The highest BCUT2D eigenvalue weighted by atomic mass is 16.5. The van der Waals surface area contributed by atoms with Crippen molar-refractivity contribution in [1.82, 2.24) is 5.32 Å². The van der Waals surface area contributed by atoms with Crippen molar-refractivity contribution < 1.29 is 4.74 Å². The first-order valence-corrected chi connectivity index (χ1v) is 6.54. The van der Waals surface area contributed by atoms with Crippen LogP contribution in [0.4, 0.5) is 0 Å². The van der Waals surface area contributed by atoms with E-state index in [0.29, 0.717) is 18.2 Å². The normalized spacial score (nSPS) is 26.1. The maximum atomic E-state index is 5.41. The lowest BCUT2D eigenvalue weighted by Gasteiger charge is -2.20. The lowest BCUT2D eigenvalue weighted by molar-refractivity contribution is 0.106. The Morgan fingerprint density at radius 3 is 2.82 bits per heavy atom. The summed E-state index contributed by atoms with van der Waals surface area (Å²) in [6.45, 7) is 4.39. The van der Waals surface area contributed by atoms with Crippen LogP contribution in [-0.2, 0) is 4.74 Å². The van der Waals surface area contributed by atoms with Crippen molar-refractivity contribution in [2.75, 3.05) is 7.11 Å². The molecule has 2 heteroatoms. The number of hydrogen-bond acceptors (Lipinski definition) is 2. The van der Waals surface area contributed by atoms with Crippen molar-refractivity contribution in [1.29, 1.82) is 0 Å². The van der Waals surface area contributed by atoms with Gasteiger partial charge in [-0.05, 0) is 38.7 Å². The van der Waals surface area contributed by atoms with Gasteiger partial charge in [-0.1, -0.05) is 29.8 Å². The van der Waals surface area contributed by atoms with Crippen molar-refractivity contribution >= 4 is 0 Å². The van der Waals surface area contributed by atoms with Crippen LogP contribution in [0.25, 0.3) is 0 Å². The Labute approximate surface area is 104 Å². The molecule has 1 aromatic rings. The molecule has 0 aliphatic heterocycles. The molecule has 1 N–H and O–H groups in total. The Kier molecular flexibility index (Phi) is 4.19. The maximum Gasteiger partial charge on any atom is 0.0586 e. The molecular weight excluding hydrogens is 210 g/mol. The average Bonchev–Trinajstić information content (AvgIpc) is 2.77. The average molecular weight is 233 g/mol. The van der Waals surface area contributed by atoms with E-state index in [4.69, 9.17) is 4.74 Å². The van der Waals surface area contributed by atoms with Gasteiger partial charge in [-0.25, -0.2) is 0 Å². The summed E-state index contributed by atoms with van der Waals surface area (Å²) in [5.74, 6) is 0. The van der Waals surface area contributed by atoms with Crippen molar-refractivity contribution in [3.63, 3.8) is 0 Å². The van der Waals surface area contributed by atoms with E-state index in [9.17, 15) is 0 Å². The van der Waals surface area contributed by atoms with Gasteiger partial charge in [0, 0.05) is 19.2 Å². The second-order valence-electron chi connectivity index (χ2n) is 5.17. The Hall–Kier alpha value is -0.860. The van der Waals surface area contributed by atoms with E-state index in [1.54, 1.807) is 0 Å². The van der Waals surface area contributed by atoms with Crippen molar-refractivity contribution in [2.24, 2.45) is 0 Å². The van der Waals surface area contributed by atoms with Crippen molar-refractivity contribution in [3.05, 3.63) is 35.4 Å². The third-order valence-corrected chi connectivity index (χ3v) is 3.75. The molecule has 0 amide bonds. The van der Waals surface area contributed by atoms with Crippen LogP contribution >= 0.6 is 0 Å². The van der Waals surface area contributed by atoms with Gasteiger partial charge in [-0.15, -0.1) is 0 Å². The number of benzene rings is 1. The molecule has 0 radical (unpaired) electrons. The number of hydrogen-bond donors (Lipinski definition) is 1. The van der Waals surface area contributed by atoms with Crippen LogP contribution in [0.3, 0.4) is 0 Å². The molecule has 0 heterocycles. The molecule has 94 valence electrons. The maximum absolute atomic E-state index is 5.41. The van der Waals surface area contributed by atoms with Crippen LogP contribution in [0, 0.1) is 6.92 Å². The fourth-order valence-electron chi connectivity index (χ4n) is 2.69. The molecule has 1 aromatic carbocycles. The fourth-order valence-corrected chi connectivity index (χ4v) is 2.69. The summed E-state index contributed by atoms with van der Waals surface area (Å²) >= 11 is 0. The van der Waals surface area contributed by atoms with Crippen LogP contribution in [0.15, 0.2) is 24.3 Å². The Morgan fingerprint density at radius 2 is 2.18 bits per heavy atom. The van der Waals surface area contributed by atoms with Gasteiger partial charge in [0.2, 0.25) is 0 Å². The smallest absolute Gasteiger partial charge is 0.0586 e. The lowest BCUT2D eigenvalue weighted by Crippen LogP contribution is -2.29. The molecule has 3 unspecified atom stereocenters. The van der Waals surface area contributed by atoms with E-state index in [2.05, 4.69) is 43.4 Å². The second-order valence-corrected chi connectivity index (χ2v) is 5.17. The van der Waals surface area contributed by atoms with E-state index >= 15 is 0 Å². The first-order chi connectivity index (χ1) is 8.19. The molecule has 17 heavy (non-hydrogen) atoms. The molecule has 0 spiro atoms. The van der Waals surface area contributed by atoms with Crippen molar-refractivity contribution in [2.45, 2.75) is 51.3 Å². The van der Waals surface area contributed by atoms with Gasteiger partial charge >= 0.3 is 0 Å². The van der Waals surface area contributed by atoms with Crippen LogP contribution < -0.4 is 5.32 Å². The van der Waals surface area contributed by atoms with Gasteiger partial charge in [-0.3, -0.25) is 0 Å². The highest BCUT2D eigenvalue weighted by Crippen LogP contribution is 2.24. The second kappa shape index (κ2) is 5.65. The summed E-state index contributed by atoms with van der Waals surface area (Å²) in [6, 6.07) is 9.78. The minimum absolute atomic E-state index is 0.426. The van der Waals surface area contributed by atoms with E-state index in [1.165, 1.54) is 24.0 Å². The molecule has 3 atom stereocenters. The van der Waals surface area contributed by atoms with E-state index in [-0.39, 0.29) is 0 Å². The van der Waals surface area contributed by atoms with Gasteiger partial charge in [0.1, 0.15) is 0 Å². The topological polar surface area (TPSA) is 21.3 Å². The zero-order valence-electron chi connectivity index (χ0n) is 11.1. The minimum Gasteiger partial charge on any atom is -0.381 e. The number of nitrogens with one attached hydrogen (secondary N) is 1. The summed E-state index contributed by atoms with van der Waals surface area (Å²) < 4.78 is 5.41. The first kappa shape index (κ1) is 12.6. The van der Waals surface area contributed by atoms with Gasteiger partial charge in [0.05, 0.1) is 6.10 Å². The molecule has 1 saturated carbocycles. The van der Waals surface area contributed by atoms with Gasteiger partial charge in [0.25, 0.3) is 0 Å². The Morgan fingerprint density at radius 1 is 1.35 bits per heavy atom. The van der Waals surface area contributed by atoms with Crippen LogP contribution in [0.1, 0.15) is 43.4 Å². The van der Waals surface area contributed by atoms with E-state index in [1.807, 2.05) is 7.11 Å². The summed E-state index contributed by atoms with van der Waals surface area (Å²) in [4.78, 5) is 0. The van der Waals surface area contributed by atoms with Crippen molar-refractivity contribution in [3.8, 4) is 0 Å². The molecular formula is C15H23NO. The third-order valence-electron chi connectivity index (χ3n) is 3.75. The highest BCUT2D eigenvalue weighted by molar-refractivity contribution is 5.24. The Balaban J connectivity index is 1.91. The SMILES string of the molecule is COC1CCC(NC(C)c2cccc(C)c2)C1. The zero-order chi connectivity index (χ0) is 12.3. The molecule has 0 saturated heterocycles. The first-order valence-electron chi connectivity index (χ1n) is 6.54. The van der Waals surface area contributed by atoms with Gasteiger partial charge in [0.15, 0.2) is 0 Å². The predicted molar refractivity (Wildman–Crippen MR) is 71.2 cm³/mol. The molecule has 1 aliphatic rings. The van der Waals surface area contributed by atoms with Gasteiger partial charge in [-0.2, -0.15) is 0 Å². The van der Waals surface area contributed by atoms with E-state index < -0.39 is 0 Å². The quantitative estimate of drug-likeness (QED) is 0.862. The van der Waals surface area contributed by atoms with Gasteiger partial charge < -0.3 is 10.1 Å². The highest BCUT2D eigenvalue weighted by Gasteiger charge is 2.25. The predicted octanol–water partition coefficient (Wildman–Crippen LogP) is 3.21. The Bertz CT molecular complexity index is 364. The fraction of sp³-hybridized carbons (Fsp3) is 0.600. The zero-order valence-corrected chi connectivity index (χ0v) is 11.1. The number of methoxy groups -OCH3 is 1. The molecule has 2 rings (SSSR count). The molecule has 0 bridgehead atoms.